The van der Waals surface area contributed by atoms with Crippen molar-refractivity contribution >= 4 is 21.6 Å². The highest BCUT2D eigenvalue weighted by atomic mass is 79.9. The first kappa shape index (κ1) is 14.9. The summed E-state index contributed by atoms with van der Waals surface area (Å²) in [5.41, 5.74) is 1.35. The average molecular weight is 325 g/mol. The van der Waals surface area contributed by atoms with Gasteiger partial charge in [0, 0.05) is 35.3 Å². The van der Waals surface area contributed by atoms with Crippen molar-refractivity contribution in [3.63, 3.8) is 0 Å². The molecule has 19 heavy (non-hydrogen) atoms. The number of piperazine rings is 1. The van der Waals surface area contributed by atoms with Gasteiger partial charge in [-0.3, -0.25) is 0 Å². The molecule has 1 fully saturated rings. The molecule has 0 bridgehead atoms. The molecule has 1 aromatic carbocycles. The normalized spacial score (nSPS) is 23.9. The van der Waals surface area contributed by atoms with Gasteiger partial charge in [0.25, 0.3) is 0 Å². The number of rotatable bonds is 4. The molecule has 2 unspecified atom stereocenters. The van der Waals surface area contributed by atoms with Gasteiger partial charge in [0.1, 0.15) is 0 Å². The molecule has 0 radical (unpaired) electrons. The molecule has 1 aromatic rings. The number of nitrogens with zero attached hydrogens (tertiary/aromatic N) is 1. The second-order valence-corrected chi connectivity index (χ2v) is 6.75. The SMILES string of the molecule is CCCC1CN(c2ccc(Br)cc2)C(C(C)C)CN1. The third-order valence-corrected chi connectivity index (χ3v) is 4.53. The minimum absolute atomic E-state index is 0.592. The fourth-order valence-corrected chi connectivity index (χ4v) is 3.17. The maximum atomic E-state index is 3.71. The molecule has 1 saturated heterocycles. The van der Waals surface area contributed by atoms with E-state index in [0.29, 0.717) is 18.0 Å². The van der Waals surface area contributed by atoms with Gasteiger partial charge >= 0.3 is 0 Å². The molecule has 1 aliphatic rings. The van der Waals surface area contributed by atoms with Crippen LogP contribution in [0.25, 0.3) is 0 Å². The molecule has 0 amide bonds. The highest BCUT2D eigenvalue weighted by Crippen LogP contribution is 2.26. The Balaban J connectivity index is 2.17. The van der Waals surface area contributed by atoms with Crippen molar-refractivity contribution < 1.29 is 0 Å². The van der Waals surface area contributed by atoms with Crippen LogP contribution in [0.2, 0.25) is 0 Å². The maximum absolute atomic E-state index is 3.71. The number of halogens is 1. The molecular formula is C16H25BrN2. The Morgan fingerprint density at radius 3 is 2.58 bits per heavy atom. The van der Waals surface area contributed by atoms with Crippen LogP contribution in [0, 0.1) is 5.92 Å². The van der Waals surface area contributed by atoms with E-state index in [2.05, 4.69) is 71.2 Å². The quantitative estimate of drug-likeness (QED) is 0.898. The number of hydrogen-bond acceptors (Lipinski definition) is 2. The summed E-state index contributed by atoms with van der Waals surface area (Å²) in [5, 5.41) is 3.71. The molecule has 3 heteroatoms. The number of nitrogens with one attached hydrogen (secondary N) is 1. The Morgan fingerprint density at radius 2 is 2.00 bits per heavy atom. The van der Waals surface area contributed by atoms with Crippen LogP contribution in [0.4, 0.5) is 5.69 Å². The van der Waals surface area contributed by atoms with Crippen LogP contribution in [-0.4, -0.2) is 25.2 Å². The van der Waals surface area contributed by atoms with E-state index >= 15 is 0 Å². The summed E-state index contributed by atoms with van der Waals surface area (Å²) in [7, 11) is 0. The van der Waals surface area contributed by atoms with E-state index in [9.17, 15) is 0 Å². The van der Waals surface area contributed by atoms with Crippen molar-refractivity contribution in [1.29, 1.82) is 0 Å². The lowest BCUT2D eigenvalue weighted by Crippen LogP contribution is -2.58. The maximum Gasteiger partial charge on any atom is 0.0438 e. The van der Waals surface area contributed by atoms with Gasteiger partial charge in [-0.05, 0) is 36.6 Å². The molecule has 2 rings (SSSR count). The minimum Gasteiger partial charge on any atom is -0.365 e. The average Bonchev–Trinajstić information content (AvgIpc) is 2.39. The summed E-state index contributed by atoms with van der Waals surface area (Å²) in [6.45, 7) is 9.12. The van der Waals surface area contributed by atoms with Gasteiger partial charge in [0.2, 0.25) is 0 Å². The predicted molar refractivity (Wildman–Crippen MR) is 86.8 cm³/mol. The highest BCUT2D eigenvalue weighted by Gasteiger charge is 2.29. The van der Waals surface area contributed by atoms with Gasteiger partial charge < -0.3 is 10.2 Å². The van der Waals surface area contributed by atoms with E-state index in [0.717, 1.165) is 17.6 Å². The van der Waals surface area contributed by atoms with E-state index < -0.39 is 0 Å². The molecule has 1 heterocycles. The Morgan fingerprint density at radius 1 is 1.32 bits per heavy atom. The summed E-state index contributed by atoms with van der Waals surface area (Å²) in [6.07, 6.45) is 2.51. The molecule has 0 aromatic heterocycles. The third kappa shape index (κ3) is 3.73. The molecule has 1 aliphatic heterocycles. The van der Waals surface area contributed by atoms with Crippen molar-refractivity contribution in [3.05, 3.63) is 28.7 Å². The van der Waals surface area contributed by atoms with Crippen LogP contribution in [0.15, 0.2) is 28.7 Å². The molecule has 0 spiro atoms. The lowest BCUT2D eigenvalue weighted by molar-refractivity contribution is 0.327. The summed E-state index contributed by atoms with van der Waals surface area (Å²) >= 11 is 3.52. The zero-order chi connectivity index (χ0) is 13.8. The summed E-state index contributed by atoms with van der Waals surface area (Å²) in [5.74, 6) is 0.665. The van der Waals surface area contributed by atoms with Crippen LogP contribution < -0.4 is 10.2 Å². The smallest absolute Gasteiger partial charge is 0.0438 e. The summed E-state index contributed by atoms with van der Waals surface area (Å²) < 4.78 is 1.15. The van der Waals surface area contributed by atoms with Crippen LogP contribution in [0.1, 0.15) is 33.6 Å². The first-order valence-corrected chi connectivity index (χ1v) is 8.16. The van der Waals surface area contributed by atoms with Gasteiger partial charge in [-0.15, -0.1) is 0 Å². The first-order valence-electron chi connectivity index (χ1n) is 7.37. The summed E-state index contributed by atoms with van der Waals surface area (Å²) in [6, 6.07) is 9.97. The number of benzene rings is 1. The van der Waals surface area contributed by atoms with Crippen molar-refractivity contribution in [3.8, 4) is 0 Å². The topological polar surface area (TPSA) is 15.3 Å². The van der Waals surface area contributed by atoms with Crippen LogP contribution in [-0.2, 0) is 0 Å². The zero-order valence-corrected chi connectivity index (χ0v) is 13.8. The molecule has 0 aliphatic carbocycles. The van der Waals surface area contributed by atoms with Crippen molar-refractivity contribution in [2.45, 2.75) is 45.7 Å². The number of hydrogen-bond donors (Lipinski definition) is 1. The largest absolute Gasteiger partial charge is 0.365 e. The molecule has 106 valence electrons. The lowest BCUT2D eigenvalue weighted by atomic mass is 9.96. The number of anilines is 1. The lowest BCUT2D eigenvalue weighted by Gasteiger charge is -2.44. The second-order valence-electron chi connectivity index (χ2n) is 5.83. The van der Waals surface area contributed by atoms with Crippen molar-refractivity contribution in [2.24, 2.45) is 5.92 Å². The second kappa shape index (κ2) is 6.76. The Labute approximate surface area is 125 Å². The van der Waals surface area contributed by atoms with Crippen LogP contribution in [0.5, 0.6) is 0 Å². The Hall–Kier alpha value is -0.540. The van der Waals surface area contributed by atoms with Gasteiger partial charge in [0.05, 0.1) is 0 Å². The van der Waals surface area contributed by atoms with Gasteiger partial charge in [0.15, 0.2) is 0 Å². The van der Waals surface area contributed by atoms with Gasteiger partial charge in [-0.25, -0.2) is 0 Å². The van der Waals surface area contributed by atoms with Crippen molar-refractivity contribution in [1.82, 2.24) is 5.32 Å². The van der Waals surface area contributed by atoms with Gasteiger partial charge in [-0.2, -0.15) is 0 Å². The van der Waals surface area contributed by atoms with Gasteiger partial charge in [-0.1, -0.05) is 43.1 Å². The summed E-state index contributed by atoms with van der Waals surface area (Å²) in [4.78, 5) is 2.59. The molecule has 0 saturated carbocycles. The molecular weight excluding hydrogens is 300 g/mol. The molecule has 2 atom stereocenters. The van der Waals surface area contributed by atoms with E-state index in [4.69, 9.17) is 0 Å². The monoisotopic (exact) mass is 324 g/mol. The predicted octanol–water partition coefficient (Wildman–Crippen LogP) is 4.05. The van der Waals surface area contributed by atoms with Crippen LogP contribution in [0.3, 0.4) is 0 Å². The highest BCUT2D eigenvalue weighted by molar-refractivity contribution is 9.10. The van der Waals surface area contributed by atoms with Crippen molar-refractivity contribution in [2.75, 3.05) is 18.0 Å². The van der Waals surface area contributed by atoms with E-state index in [1.807, 2.05) is 0 Å². The standard InChI is InChI=1S/C16H25BrN2/c1-4-5-14-11-19(16(10-18-14)12(2)3)15-8-6-13(17)7-9-15/h6-9,12,14,16,18H,4-5,10-11H2,1-3H3. The zero-order valence-electron chi connectivity index (χ0n) is 12.2. The van der Waals surface area contributed by atoms with E-state index in [1.165, 1.54) is 18.5 Å². The first-order chi connectivity index (χ1) is 9.11. The van der Waals surface area contributed by atoms with E-state index in [-0.39, 0.29) is 0 Å². The fourth-order valence-electron chi connectivity index (χ4n) is 2.90. The van der Waals surface area contributed by atoms with Crippen LogP contribution >= 0.6 is 15.9 Å². The molecule has 2 nitrogen and oxygen atoms in total. The Kier molecular flexibility index (Phi) is 5.28. The Bertz CT molecular complexity index is 388. The fraction of sp³-hybridized carbons (Fsp3) is 0.625. The minimum atomic E-state index is 0.592. The third-order valence-electron chi connectivity index (χ3n) is 4.00. The molecule has 1 N–H and O–H groups in total. The van der Waals surface area contributed by atoms with E-state index in [1.54, 1.807) is 0 Å².